The van der Waals surface area contributed by atoms with Crippen molar-refractivity contribution in [1.29, 1.82) is 0 Å². The highest BCUT2D eigenvalue weighted by Crippen LogP contribution is 2.19. The van der Waals surface area contributed by atoms with Crippen LogP contribution in [-0.2, 0) is 5.33 Å². The van der Waals surface area contributed by atoms with E-state index in [2.05, 4.69) is 25.9 Å². The minimum absolute atomic E-state index is 0. The first-order valence-electron chi connectivity index (χ1n) is 2.82. The van der Waals surface area contributed by atoms with E-state index in [9.17, 15) is 0 Å². The lowest BCUT2D eigenvalue weighted by Crippen LogP contribution is -2.21. The molecule has 0 saturated heterocycles. The number of hydrogen-bond acceptors (Lipinski definition) is 3. The number of nitrogens with zero attached hydrogens (tertiary/aromatic N) is 2. The maximum absolute atomic E-state index is 5.16. The highest BCUT2D eigenvalue weighted by molar-refractivity contribution is 9.08. The number of alkyl halides is 1. The van der Waals surface area contributed by atoms with Crippen molar-refractivity contribution in [3.63, 3.8) is 0 Å². The Morgan fingerprint density at radius 2 is 2.33 bits per heavy atom. The molecule has 0 fully saturated rings. The van der Waals surface area contributed by atoms with Gasteiger partial charge in [0, 0.05) is 10.7 Å². The normalized spacial score (nSPS) is 8.75. The summed E-state index contributed by atoms with van der Waals surface area (Å²) in [6.07, 6.45) is 0. The molecule has 1 aromatic heterocycles. The van der Waals surface area contributed by atoms with Crippen LogP contribution in [0.25, 0.3) is 0 Å². The van der Waals surface area contributed by atoms with Crippen molar-refractivity contribution in [3.05, 3.63) is 11.1 Å². The Morgan fingerprint density at radius 3 is 2.75 bits per heavy atom. The minimum atomic E-state index is 0. The molecular formula is C5H8Br2N4S. The first kappa shape index (κ1) is 11.9. The molecule has 12 heavy (non-hydrogen) atoms. The average Bonchev–Trinajstić information content (AvgIpc) is 2.34. The summed E-state index contributed by atoms with van der Waals surface area (Å²) in [7, 11) is 0. The molecule has 1 heterocycles. The van der Waals surface area contributed by atoms with Crippen LogP contribution in [-0.4, -0.2) is 10.9 Å². The smallest absolute Gasteiger partial charge is 0.212 e. The molecule has 0 atom stereocenters. The van der Waals surface area contributed by atoms with Gasteiger partial charge in [-0.05, 0) is 0 Å². The Labute approximate surface area is 93.0 Å². The number of aliphatic imine (C=N–C) groups is 1. The average molecular weight is 319 g/mol. The van der Waals surface area contributed by atoms with Crippen LogP contribution in [0.5, 0.6) is 0 Å². The summed E-state index contributed by atoms with van der Waals surface area (Å²) < 4.78 is 0. The van der Waals surface area contributed by atoms with E-state index in [1.54, 1.807) is 0 Å². The summed E-state index contributed by atoms with van der Waals surface area (Å²) in [6, 6.07) is 0. The number of aromatic nitrogens is 1. The number of rotatable bonds is 2. The first-order chi connectivity index (χ1) is 5.22. The summed E-state index contributed by atoms with van der Waals surface area (Å²) in [4.78, 5) is 7.88. The highest BCUT2D eigenvalue weighted by Gasteiger charge is 1.97. The van der Waals surface area contributed by atoms with E-state index in [1.807, 2.05) is 5.38 Å². The summed E-state index contributed by atoms with van der Waals surface area (Å²) in [5.74, 6) is 0.0421. The van der Waals surface area contributed by atoms with Crippen LogP contribution in [0.15, 0.2) is 10.4 Å². The number of guanidine groups is 1. The molecule has 4 N–H and O–H groups in total. The van der Waals surface area contributed by atoms with E-state index < -0.39 is 0 Å². The predicted octanol–water partition coefficient (Wildman–Crippen LogP) is 1.52. The number of nitrogens with two attached hydrogens (primary N) is 2. The highest BCUT2D eigenvalue weighted by atomic mass is 79.9. The molecule has 1 aromatic rings. The molecule has 0 aliphatic rings. The van der Waals surface area contributed by atoms with Crippen molar-refractivity contribution in [2.45, 2.75) is 5.33 Å². The fourth-order valence-corrected chi connectivity index (χ4v) is 1.73. The van der Waals surface area contributed by atoms with Gasteiger partial charge in [0.1, 0.15) is 0 Å². The van der Waals surface area contributed by atoms with Gasteiger partial charge in [-0.15, -0.1) is 28.3 Å². The molecule has 0 amide bonds. The summed E-state index contributed by atoms with van der Waals surface area (Å²) in [5.41, 5.74) is 11.3. The van der Waals surface area contributed by atoms with E-state index >= 15 is 0 Å². The molecule has 7 heteroatoms. The van der Waals surface area contributed by atoms with Gasteiger partial charge >= 0.3 is 0 Å². The fourth-order valence-electron chi connectivity index (χ4n) is 0.519. The SMILES string of the molecule is Br.N[13C](N)=N[13c]1n[13c](CBr)cs1. The topological polar surface area (TPSA) is 77.3 Å². The van der Waals surface area contributed by atoms with Gasteiger partial charge in [0.2, 0.25) is 5.13 Å². The Balaban J connectivity index is 0.00000121. The van der Waals surface area contributed by atoms with Crippen LogP contribution in [0.2, 0.25) is 0 Å². The Bertz CT molecular complexity index is 268. The molecular weight excluding hydrogens is 311 g/mol. The third-order valence-electron chi connectivity index (χ3n) is 0.901. The zero-order valence-corrected chi connectivity index (χ0v) is 10.1. The van der Waals surface area contributed by atoms with Crippen molar-refractivity contribution in [1.82, 2.24) is 4.98 Å². The van der Waals surface area contributed by atoms with Gasteiger partial charge in [0.25, 0.3) is 0 Å². The minimum Gasteiger partial charge on any atom is -0.370 e. The second-order valence-corrected chi connectivity index (χ2v) is 3.19. The van der Waals surface area contributed by atoms with Crippen molar-refractivity contribution in [2.24, 2.45) is 16.5 Å². The molecule has 0 bridgehead atoms. The van der Waals surface area contributed by atoms with Crippen LogP contribution >= 0.6 is 44.2 Å². The molecule has 4 nitrogen and oxygen atoms in total. The van der Waals surface area contributed by atoms with Crippen LogP contribution in [0.3, 0.4) is 0 Å². The lowest BCUT2D eigenvalue weighted by atomic mass is 11.0. The van der Waals surface area contributed by atoms with E-state index in [0.29, 0.717) is 5.13 Å². The number of halogens is 2. The maximum atomic E-state index is 5.16. The van der Waals surface area contributed by atoms with Gasteiger partial charge in [-0.2, -0.15) is 4.99 Å². The predicted molar refractivity (Wildman–Crippen MR) is 60.5 cm³/mol. The van der Waals surface area contributed by atoms with E-state index in [4.69, 9.17) is 11.5 Å². The first-order valence-corrected chi connectivity index (χ1v) is 4.82. The molecule has 0 aliphatic carbocycles. The van der Waals surface area contributed by atoms with Crippen LogP contribution in [0, 0.1) is 0 Å². The van der Waals surface area contributed by atoms with Crippen molar-refractivity contribution >= 4 is 55.3 Å². The Hall–Kier alpha value is -0.140. The molecule has 68 valence electrons. The van der Waals surface area contributed by atoms with Gasteiger partial charge < -0.3 is 11.5 Å². The molecule has 0 aromatic carbocycles. The van der Waals surface area contributed by atoms with Crippen LogP contribution in [0.1, 0.15) is 5.69 Å². The molecule has 0 spiro atoms. The van der Waals surface area contributed by atoms with Crippen LogP contribution in [0.4, 0.5) is 5.13 Å². The van der Waals surface area contributed by atoms with E-state index in [1.165, 1.54) is 11.3 Å². The zero-order chi connectivity index (χ0) is 8.27. The molecule has 0 saturated carbocycles. The lowest BCUT2D eigenvalue weighted by molar-refractivity contribution is 1.22. The van der Waals surface area contributed by atoms with Gasteiger partial charge in [0.05, 0.1) is 5.69 Å². The third kappa shape index (κ3) is 3.51. The number of hydrogen-bond donors (Lipinski definition) is 2. The summed E-state index contributed by atoms with van der Waals surface area (Å²) in [5, 5.41) is 3.22. The van der Waals surface area contributed by atoms with Gasteiger partial charge in [-0.1, -0.05) is 15.9 Å². The lowest BCUT2D eigenvalue weighted by Gasteiger charge is -1.85. The second kappa shape index (κ2) is 5.50. The van der Waals surface area contributed by atoms with Crippen molar-refractivity contribution in [3.8, 4) is 0 Å². The molecule has 0 aliphatic heterocycles. The Kier molecular flexibility index (Phi) is 5.43. The second-order valence-electron chi connectivity index (χ2n) is 1.79. The molecule has 0 radical (unpaired) electrons. The van der Waals surface area contributed by atoms with Crippen molar-refractivity contribution < 1.29 is 0 Å². The number of thiazole rings is 1. The summed E-state index contributed by atoms with van der Waals surface area (Å²) in [6.45, 7) is 0. The van der Waals surface area contributed by atoms with Gasteiger partial charge in [-0.3, -0.25) is 0 Å². The maximum Gasteiger partial charge on any atom is 0.212 e. The monoisotopic (exact) mass is 317 g/mol. The van der Waals surface area contributed by atoms with Gasteiger partial charge in [0.15, 0.2) is 5.96 Å². The van der Waals surface area contributed by atoms with Crippen LogP contribution < -0.4 is 11.5 Å². The standard InChI is InChI=1S/C5H7BrN4S.BrH/c6-1-3-2-11-5(9-3)10-4(7)8;/h2H,1H2,(H4,7,8,9,10);1H/i3+1,4+1,5+1;. The van der Waals surface area contributed by atoms with E-state index in [0.717, 1.165) is 11.0 Å². The largest absolute Gasteiger partial charge is 0.370 e. The molecule has 1 rings (SSSR count). The zero-order valence-electron chi connectivity index (χ0n) is 6.03. The fraction of sp³-hybridized carbons (Fsp3) is 0.200. The summed E-state index contributed by atoms with van der Waals surface area (Å²) >= 11 is 4.68. The van der Waals surface area contributed by atoms with Crippen molar-refractivity contribution in [2.75, 3.05) is 0 Å². The molecule has 0 unspecified atom stereocenters. The van der Waals surface area contributed by atoms with Gasteiger partial charge in [-0.25, -0.2) is 4.98 Å². The quantitative estimate of drug-likeness (QED) is 0.375. The van der Waals surface area contributed by atoms with E-state index in [-0.39, 0.29) is 22.9 Å². The Morgan fingerprint density at radius 1 is 1.67 bits per heavy atom. The third-order valence-corrected chi connectivity index (χ3v) is 2.26.